The average molecular weight is 285 g/mol. The number of ether oxygens (including phenoxy) is 1. The van der Waals surface area contributed by atoms with Crippen molar-refractivity contribution in [3.8, 4) is 11.6 Å². The molecule has 21 heavy (non-hydrogen) atoms. The van der Waals surface area contributed by atoms with Crippen LogP contribution in [0.5, 0.6) is 11.6 Å². The van der Waals surface area contributed by atoms with Gasteiger partial charge in [0, 0.05) is 17.8 Å². The number of amidine groups is 1. The molecule has 0 aliphatic rings. The fourth-order valence-corrected chi connectivity index (χ4v) is 1.90. The number of nitrogens with two attached hydrogens (primary N) is 1. The van der Waals surface area contributed by atoms with E-state index in [1.807, 2.05) is 12.1 Å². The summed E-state index contributed by atoms with van der Waals surface area (Å²) in [6.07, 6.45) is 2.65. The molecule has 2 rings (SSSR count). The number of aromatic nitrogens is 1. The van der Waals surface area contributed by atoms with Gasteiger partial charge in [-0.25, -0.2) is 4.98 Å². The predicted molar refractivity (Wildman–Crippen MR) is 82.0 cm³/mol. The second-order valence-corrected chi connectivity index (χ2v) is 4.85. The van der Waals surface area contributed by atoms with Gasteiger partial charge < -0.3 is 15.7 Å². The van der Waals surface area contributed by atoms with Crippen LogP contribution >= 0.6 is 0 Å². The third-order valence-corrected chi connectivity index (χ3v) is 3.42. The molecule has 0 spiro atoms. The summed E-state index contributed by atoms with van der Waals surface area (Å²) in [4.78, 5) is 4.11. The number of benzene rings is 1. The fourth-order valence-electron chi connectivity index (χ4n) is 1.90. The lowest BCUT2D eigenvalue weighted by atomic mass is 9.99. The SMILES string of the molecule is CCC(C)c1ccc(Oc2cc(/C(N)=N/O)ccn2)cc1. The number of rotatable bonds is 5. The van der Waals surface area contributed by atoms with Crippen molar-refractivity contribution < 1.29 is 9.94 Å². The minimum Gasteiger partial charge on any atom is -0.439 e. The maximum absolute atomic E-state index is 8.68. The summed E-state index contributed by atoms with van der Waals surface area (Å²) in [7, 11) is 0. The van der Waals surface area contributed by atoms with Crippen molar-refractivity contribution in [2.24, 2.45) is 10.9 Å². The summed E-state index contributed by atoms with van der Waals surface area (Å²) in [6, 6.07) is 11.2. The van der Waals surface area contributed by atoms with Crippen LogP contribution < -0.4 is 10.5 Å². The summed E-state index contributed by atoms with van der Waals surface area (Å²) in [5, 5.41) is 11.6. The normalized spacial score (nSPS) is 13.0. The zero-order valence-corrected chi connectivity index (χ0v) is 12.2. The zero-order valence-electron chi connectivity index (χ0n) is 12.2. The van der Waals surface area contributed by atoms with Crippen LogP contribution in [0.25, 0.3) is 0 Å². The van der Waals surface area contributed by atoms with Gasteiger partial charge in [0.2, 0.25) is 5.88 Å². The molecular formula is C16H19N3O2. The number of nitrogens with zero attached hydrogens (tertiary/aromatic N) is 2. The maximum Gasteiger partial charge on any atom is 0.219 e. The highest BCUT2D eigenvalue weighted by atomic mass is 16.5. The van der Waals surface area contributed by atoms with Crippen molar-refractivity contribution in [2.75, 3.05) is 0 Å². The van der Waals surface area contributed by atoms with Gasteiger partial charge in [-0.15, -0.1) is 0 Å². The Balaban J connectivity index is 2.15. The van der Waals surface area contributed by atoms with Gasteiger partial charge >= 0.3 is 0 Å². The van der Waals surface area contributed by atoms with Crippen molar-refractivity contribution in [1.82, 2.24) is 4.98 Å². The monoisotopic (exact) mass is 285 g/mol. The zero-order chi connectivity index (χ0) is 15.2. The first kappa shape index (κ1) is 14.8. The summed E-state index contributed by atoms with van der Waals surface area (Å²) in [5.41, 5.74) is 7.38. The van der Waals surface area contributed by atoms with Gasteiger partial charge in [0.1, 0.15) is 5.75 Å². The van der Waals surface area contributed by atoms with Gasteiger partial charge in [0.05, 0.1) is 0 Å². The van der Waals surface area contributed by atoms with Crippen molar-refractivity contribution in [3.05, 3.63) is 53.7 Å². The molecule has 0 saturated heterocycles. The van der Waals surface area contributed by atoms with Crippen molar-refractivity contribution in [2.45, 2.75) is 26.2 Å². The standard InChI is InChI=1S/C16H19N3O2/c1-3-11(2)12-4-6-14(7-5-12)21-15-10-13(8-9-18-15)16(17)19-20/h4-11,20H,3H2,1-2H3,(H2,17,19). The summed E-state index contributed by atoms with van der Waals surface area (Å²) in [5.74, 6) is 1.65. The lowest BCUT2D eigenvalue weighted by Gasteiger charge is -2.10. The molecule has 0 aliphatic heterocycles. The Morgan fingerprint density at radius 3 is 2.67 bits per heavy atom. The Bertz CT molecular complexity index is 624. The molecule has 1 atom stereocenters. The minimum absolute atomic E-state index is 0.0226. The molecule has 0 bridgehead atoms. The molecule has 1 aromatic carbocycles. The van der Waals surface area contributed by atoms with Crippen LogP contribution in [0, 0.1) is 0 Å². The predicted octanol–water partition coefficient (Wildman–Crippen LogP) is 3.48. The van der Waals surface area contributed by atoms with Crippen molar-refractivity contribution >= 4 is 5.84 Å². The third kappa shape index (κ3) is 3.72. The second-order valence-electron chi connectivity index (χ2n) is 4.85. The van der Waals surface area contributed by atoms with E-state index in [0.29, 0.717) is 23.1 Å². The molecule has 0 amide bonds. The highest BCUT2D eigenvalue weighted by Gasteiger charge is 2.06. The van der Waals surface area contributed by atoms with Gasteiger partial charge in [0.15, 0.2) is 5.84 Å². The van der Waals surface area contributed by atoms with Crippen LogP contribution in [0.2, 0.25) is 0 Å². The van der Waals surface area contributed by atoms with Crippen LogP contribution in [-0.2, 0) is 0 Å². The molecule has 0 saturated carbocycles. The smallest absolute Gasteiger partial charge is 0.219 e. The van der Waals surface area contributed by atoms with E-state index in [1.54, 1.807) is 18.3 Å². The van der Waals surface area contributed by atoms with Crippen LogP contribution in [0.15, 0.2) is 47.8 Å². The van der Waals surface area contributed by atoms with Gasteiger partial charge in [-0.2, -0.15) is 0 Å². The molecule has 110 valence electrons. The van der Waals surface area contributed by atoms with E-state index in [1.165, 1.54) is 5.56 Å². The van der Waals surface area contributed by atoms with E-state index >= 15 is 0 Å². The van der Waals surface area contributed by atoms with E-state index < -0.39 is 0 Å². The molecule has 0 radical (unpaired) electrons. The number of oxime groups is 1. The molecule has 1 heterocycles. The molecule has 0 fully saturated rings. The van der Waals surface area contributed by atoms with Crippen molar-refractivity contribution in [1.29, 1.82) is 0 Å². The minimum atomic E-state index is 0.0226. The summed E-state index contributed by atoms with van der Waals surface area (Å²) in [6.45, 7) is 4.36. The van der Waals surface area contributed by atoms with E-state index in [2.05, 4.69) is 36.1 Å². The highest BCUT2D eigenvalue weighted by Crippen LogP contribution is 2.24. The lowest BCUT2D eigenvalue weighted by Crippen LogP contribution is -2.13. The molecular weight excluding hydrogens is 266 g/mol. The first-order valence-corrected chi connectivity index (χ1v) is 6.85. The highest BCUT2D eigenvalue weighted by molar-refractivity contribution is 5.97. The second kappa shape index (κ2) is 6.74. The molecule has 1 unspecified atom stereocenters. The van der Waals surface area contributed by atoms with E-state index in [9.17, 15) is 0 Å². The fraction of sp³-hybridized carbons (Fsp3) is 0.250. The summed E-state index contributed by atoms with van der Waals surface area (Å²) >= 11 is 0. The number of pyridine rings is 1. The Morgan fingerprint density at radius 1 is 1.33 bits per heavy atom. The van der Waals surface area contributed by atoms with E-state index in [4.69, 9.17) is 15.7 Å². The largest absolute Gasteiger partial charge is 0.439 e. The van der Waals surface area contributed by atoms with Gasteiger partial charge in [-0.3, -0.25) is 0 Å². The Kier molecular flexibility index (Phi) is 4.77. The first-order chi connectivity index (χ1) is 10.1. The Labute approximate surface area is 124 Å². The molecule has 0 aliphatic carbocycles. The van der Waals surface area contributed by atoms with Crippen LogP contribution in [0.3, 0.4) is 0 Å². The van der Waals surface area contributed by atoms with Gasteiger partial charge in [0.25, 0.3) is 0 Å². The quantitative estimate of drug-likeness (QED) is 0.381. The first-order valence-electron chi connectivity index (χ1n) is 6.85. The van der Waals surface area contributed by atoms with E-state index in [-0.39, 0.29) is 5.84 Å². The maximum atomic E-state index is 8.68. The molecule has 2 aromatic rings. The van der Waals surface area contributed by atoms with Gasteiger partial charge in [-0.05, 0) is 36.1 Å². The van der Waals surface area contributed by atoms with E-state index in [0.717, 1.165) is 6.42 Å². The summed E-state index contributed by atoms with van der Waals surface area (Å²) < 4.78 is 5.68. The van der Waals surface area contributed by atoms with Crippen LogP contribution in [0.4, 0.5) is 0 Å². The van der Waals surface area contributed by atoms with Crippen LogP contribution in [0.1, 0.15) is 37.3 Å². The molecule has 3 N–H and O–H groups in total. The molecule has 5 heteroatoms. The lowest BCUT2D eigenvalue weighted by molar-refractivity contribution is 0.318. The number of hydrogen-bond donors (Lipinski definition) is 2. The Morgan fingerprint density at radius 2 is 2.05 bits per heavy atom. The topological polar surface area (TPSA) is 80.7 Å². The molecule has 5 nitrogen and oxygen atoms in total. The Hall–Kier alpha value is -2.56. The van der Waals surface area contributed by atoms with Gasteiger partial charge in [-0.1, -0.05) is 31.1 Å². The average Bonchev–Trinajstić information content (AvgIpc) is 2.54. The molecule has 1 aromatic heterocycles. The number of hydrogen-bond acceptors (Lipinski definition) is 4. The van der Waals surface area contributed by atoms with Crippen LogP contribution in [-0.4, -0.2) is 16.0 Å². The van der Waals surface area contributed by atoms with Crippen molar-refractivity contribution in [3.63, 3.8) is 0 Å². The third-order valence-electron chi connectivity index (χ3n) is 3.42.